The fourth-order valence-corrected chi connectivity index (χ4v) is 5.68. The number of nitro groups is 1. The van der Waals surface area contributed by atoms with Crippen LogP contribution >= 0.6 is 0 Å². The van der Waals surface area contributed by atoms with Gasteiger partial charge in [0.1, 0.15) is 0 Å². The van der Waals surface area contributed by atoms with Crippen LogP contribution in [0.4, 0.5) is 11.6 Å². The van der Waals surface area contributed by atoms with Crippen molar-refractivity contribution in [3.63, 3.8) is 0 Å². The summed E-state index contributed by atoms with van der Waals surface area (Å²) in [7, 11) is 0. The number of anilines is 1. The van der Waals surface area contributed by atoms with E-state index in [9.17, 15) is 14.9 Å². The van der Waals surface area contributed by atoms with Crippen LogP contribution in [-0.4, -0.2) is 61.0 Å². The third-order valence-corrected chi connectivity index (χ3v) is 7.67. The van der Waals surface area contributed by atoms with Crippen molar-refractivity contribution in [2.75, 3.05) is 24.5 Å². The van der Waals surface area contributed by atoms with E-state index in [1.165, 1.54) is 6.07 Å². The van der Waals surface area contributed by atoms with E-state index in [0.717, 1.165) is 22.9 Å². The lowest BCUT2D eigenvalue weighted by atomic mass is 9.94. The zero-order valence-electron chi connectivity index (χ0n) is 22.3. The van der Waals surface area contributed by atoms with Crippen molar-refractivity contribution in [3.8, 4) is 11.4 Å². The second kappa shape index (κ2) is 10.4. The van der Waals surface area contributed by atoms with E-state index in [1.807, 2.05) is 70.8 Å². The third-order valence-electron chi connectivity index (χ3n) is 7.67. The normalized spacial score (nSPS) is 16.4. The second-order valence-corrected chi connectivity index (χ2v) is 10.1. The van der Waals surface area contributed by atoms with Crippen LogP contribution in [0.5, 0.6) is 0 Å². The monoisotopic (exact) mass is 535 g/mol. The Labute approximate surface area is 231 Å². The highest BCUT2D eigenvalue weighted by atomic mass is 16.6. The van der Waals surface area contributed by atoms with Crippen LogP contribution in [0.25, 0.3) is 27.9 Å². The van der Waals surface area contributed by atoms with Crippen LogP contribution in [-0.2, 0) is 4.79 Å². The molecule has 0 aliphatic carbocycles. The molecule has 0 spiro atoms. The Hall–Kier alpha value is -4.86. The van der Waals surface area contributed by atoms with Crippen LogP contribution in [0.2, 0.25) is 0 Å². The molecule has 2 unspecified atom stereocenters. The zero-order chi connectivity index (χ0) is 27.8. The zero-order valence-corrected chi connectivity index (χ0v) is 22.3. The summed E-state index contributed by atoms with van der Waals surface area (Å²) in [5.41, 5.74) is 2.68. The molecule has 202 valence electrons. The summed E-state index contributed by atoms with van der Waals surface area (Å²) in [5, 5.41) is 21.6. The topological polar surface area (TPSA) is 110 Å². The number of hydrogen-bond donors (Lipinski definition) is 0. The third kappa shape index (κ3) is 4.31. The number of carbonyl (C=O) groups is 1. The van der Waals surface area contributed by atoms with Gasteiger partial charge in [-0.05, 0) is 37.1 Å². The number of amides is 1. The van der Waals surface area contributed by atoms with Gasteiger partial charge in [0, 0.05) is 37.1 Å². The molecule has 1 amide bonds. The Bertz CT molecular complexity index is 1720. The highest BCUT2D eigenvalue weighted by molar-refractivity contribution is 5.93. The van der Waals surface area contributed by atoms with Gasteiger partial charge in [-0.15, -0.1) is 10.2 Å². The predicted molar refractivity (Wildman–Crippen MR) is 153 cm³/mol. The van der Waals surface area contributed by atoms with Gasteiger partial charge in [0.2, 0.25) is 11.9 Å². The molecule has 1 fully saturated rings. The van der Waals surface area contributed by atoms with Crippen molar-refractivity contribution < 1.29 is 9.72 Å². The molecule has 6 rings (SSSR count). The summed E-state index contributed by atoms with van der Waals surface area (Å²) in [5.74, 6) is 0.892. The summed E-state index contributed by atoms with van der Waals surface area (Å²) in [4.78, 5) is 34.2. The van der Waals surface area contributed by atoms with Gasteiger partial charge < -0.3 is 9.80 Å². The first-order valence-corrected chi connectivity index (χ1v) is 13.5. The molecule has 10 nitrogen and oxygen atoms in total. The fourth-order valence-electron chi connectivity index (χ4n) is 5.68. The molecule has 0 bridgehead atoms. The Kier molecular flexibility index (Phi) is 6.59. The molecule has 0 radical (unpaired) electrons. The maximum absolute atomic E-state index is 13.7. The Morgan fingerprint density at radius 2 is 1.73 bits per heavy atom. The van der Waals surface area contributed by atoms with Gasteiger partial charge in [0.05, 0.1) is 21.9 Å². The standard InChI is InChI=1S/C30H29N7O3/c1-3-22(21-11-5-4-6-12-21)29(38)35-18-17-34(19-20(35)2)30-31-25-15-9-7-13-23(25)27-32-33-28(36(27)30)24-14-8-10-16-26(24)37(39)40/h4-16,20,22H,3,17-19H2,1-2H3. The van der Waals surface area contributed by atoms with Crippen LogP contribution in [0, 0.1) is 10.1 Å². The highest BCUT2D eigenvalue weighted by Crippen LogP contribution is 2.34. The molecule has 3 aromatic carbocycles. The van der Waals surface area contributed by atoms with Gasteiger partial charge in [-0.25, -0.2) is 9.38 Å². The molecule has 1 saturated heterocycles. The lowest BCUT2D eigenvalue weighted by molar-refractivity contribution is -0.384. The molecular formula is C30H29N7O3. The highest BCUT2D eigenvalue weighted by Gasteiger charge is 2.34. The largest absolute Gasteiger partial charge is 0.338 e. The number of piperazine rings is 1. The van der Waals surface area contributed by atoms with Crippen molar-refractivity contribution in [1.29, 1.82) is 0 Å². The Morgan fingerprint density at radius 1 is 1.00 bits per heavy atom. The molecule has 10 heteroatoms. The lowest BCUT2D eigenvalue weighted by Gasteiger charge is -2.41. The predicted octanol–water partition coefficient (Wildman–Crippen LogP) is 5.08. The van der Waals surface area contributed by atoms with Gasteiger partial charge >= 0.3 is 0 Å². The number of fused-ring (bicyclic) bond motifs is 3. The van der Waals surface area contributed by atoms with Crippen LogP contribution in [0.1, 0.15) is 31.7 Å². The quantitative estimate of drug-likeness (QED) is 0.220. The van der Waals surface area contributed by atoms with E-state index in [-0.39, 0.29) is 23.6 Å². The number of nitrogens with zero attached hydrogens (tertiary/aromatic N) is 7. The summed E-state index contributed by atoms with van der Waals surface area (Å²) in [6.45, 7) is 5.72. The van der Waals surface area contributed by atoms with Gasteiger partial charge in [0.25, 0.3) is 5.69 Å². The molecular weight excluding hydrogens is 506 g/mol. The van der Waals surface area contributed by atoms with E-state index >= 15 is 0 Å². The smallest absolute Gasteiger partial charge is 0.280 e. The van der Waals surface area contributed by atoms with Crippen LogP contribution in [0.15, 0.2) is 78.9 Å². The SMILES string of the molecule is CCC(C(=O)N1CCN(c2nc3ccccc3c3nnc(-c4ccccc4[N+](=O)[O-])n23)CC1C)c1ccccc1. The second-order valence-electron chi connectivity index (χ2n) is 10.1. The van der Waals surface area contributed by atoms with Crippen molar-refractivity contribution in [2.24, 2.45) is 0 Å². The lowest BCUT2D eigenvalue weighted by Crippen LogP contribution is -2.55. The van der Waals surface area contributed by atoms with Gasteiger partial charge in [-0.3, -0.25) is 14.9 Å². The number of benzene rings is 3. The molecule has 40 heavy (non-hydrogen) atoms. The number of nitro benzene ring substituents is 1. The van der Waals surface area contributed by atoms with E-state index in [0.29, 0.717) is 42.6 Å². The maximum Gasteiger partial charge on any atom is 0.280 e. The summed E-state index contributed by atoms with van der Waals surface area (Å²) in [6.07, 6.45) is 0.725. The molecule has 1 aliphatic rings. The Balaban J connectivity index is 1.40. The molecule has 5 aromatic rings. The van der Waals surface area contributed by atoms with Crippen molar-refractivity contribution in [3.05, 3.63) is 94.5 Å². The number of carbonyl (C=O) groups excluding carboxylic acids is 1. The number of para-hydroxylation sites is 2. The number of rotatable bonds is 6. The minimum Gasteiger partial charge on any atom is -0.338 e. The van der Waals surface area contributed by atoms with Crippen LogP contribution < -0.4 is 4.90 Å². The number of aromatic nitrogens is 4. The summed E-state index contributed by atoms with van der Waals surface area (Å²) in [6, 6.07) is 24.1. The van der Waals surface area contributed by atoms with Gasteiger partial charge in [-0.2, -0.15) is 0 Å². The summed E-state index contributed by atoms with van der Waals surface area (Å²) < 4.78 is 1.81. The first kappa shape index (κ1) is 25.4. The van der Waals surface area contributed by atoms with Crippen LogP contribution in [0.3, 0.4) is 0 Å². The van der Waals surface area contributed by atoms with E-state index in [1.54, 1.807) is 18.2 Å². The molecule has 1 aliphatic heterocycles. The minimum absolute atomic E-state index is 0.0498. The average molecular weight is 536 g/mol. The minimum atomic E-state index is -0.409. The first-order valence-electron chi connectivity index (χ1n) is 13.5. The first-order chi connectivity index (χ1) is 19.5. The van der Waals surface area contributed by atoms with E-state index in [2.05, 4.69) is 22.0 Å². The fraction of sp³-hybridized carbons (Fsp3) is 0.267. The van der Waals surface area contributed by atoms with Gasteiger partial charge in [0.15, 0.2) is 11.5 Å². The van der Waals surface area contributed by atoms with Crippen molar-refractivity contribution >= 4 is 34.1 Å². The van der Waals surface area contributed by atoms with E-state index in [4.69, 9.17) is 4.98 Å². The number of hydrogen-bond acceptors (Lipinski definition) is 7. The van der Waals surface area contributed by atoms with E-state index < -0.39 is 4.92 Å². The van der Waals surface area contributed by atoms with Crippen molar-refractivity contribution in [2.45, 2.75) is 32.2 Å². The van der Waals surface area contributed by atoms with Gasteiger partial charge in [-0.1, -0.05) is 61.5 Å². The maximum atomic E-state index is 13.7. The summed E-state index contributed by atoms with van der Waals surface area (Å²) >= 11 is 0. The molecule has 3 heterocycles. The molecule has 2 aromatic heterocycles. The van der Waals surface area contributed by atoms with Crippen molar-refractivity contribution in [1.82, 2.24) is 24.5 Å². The molecule has 0 saturated carbocycles. The molecule has 0 N–H and O–H groups in total. The average Bonchev–Trinajstić information content (AvgIpc) is 3.43. The Morgan fingerprint density at radius 3 is 2.48 bits per heavy atom. The molecule has 2 atom stereocenters.